The molecule has 2 saturated carbocycles. The fraction of sp³-hybridized carbons (Fsp3) is 0.786. The number of carbonyl (C=O) groups excluding carboxylic acids is 1. The number of hydrogen-bond acceptors (Lipinski definition) is 3. The topological polar surface area (TPSA) is 43.8 Å². The average molecular weight is 252 g/mol. The third-order valence-corrected chi connectivity index (χ3v) is 3.75. The maximum Gasteiger partial charge on any atom is 0.246 e. The molecule has 0 aliphatic heterocycles. The lowest BCUT2D eigenvalue weighted by Crippen LogP contribution is -2.50. The Morgan fingerprint density at radius 3 is 2.50 bits per heavy atom. The molecule has 0 aromatic rings. The number of nitrogens with zero attached hydrogens (tertiary/aromatic N) is 2. The van der Waals surface area contributed by atoms with Crippen LogP contribution in [0, 0.1) is 0 Å². The lowest BCUT2D eigenvalue weighted by atomic mass is 9.80. The molecular formula is C14H24N2O2. The van der Waals surface area contributed by atoms with Crippen LogP contribution in [-0.4, -0.2) is 59.6 Å². The van der Waals surface area contributed by atoms with Crippen LogP contribution in [-0.2, 0) is 4.79 Å². The Labute approximate surface area is 109 Å². The van der Waals surface area contributed by atoms with E-state index in [0.717, 1.165) is 38.6 Å². The summed E-state index contributed by atoms with van der Waals surface area (Å²) in [4.78, 5) is 16.0. The van der Waals surface area contributed by atoms with Gasteiger partial charge in [0.1, 0.15) is 0 Å². The van der Waals surface area contributed by atoms with Gasteiger partial charge in [0.25, 0.3) is 0 Å². The van der Waals surface area contributed by atoms with E-state index in [1.807, 2.05) is 30.0 Å². The molecule has 0 bridgehead atoms. The predicted molar refractivity (Wildman–Crippen MR) is 71.2 cm³/mol. The SMILES string of the molecule is CN(C)C/C=C/C(=O)N(CC1(O)CCC1)C1CC1. The van der Waals surface area contributed by atoms with Crippen LogP contribution < -0.4 is 0 Å². The minimum absolute atomic E-state index is 0.0553. The zero-order chi connectivity index (χ0) is 13.2. The molecule has 0 unspecified atom stereocenters. The second kappa shape index (κ2) is 5.41. The molecule has 102 valence electrons. The Kier molecular flexibility index (Phi) is 4.07. The van der Waals surface area contributed by atoms with Crippen LogP contribution in [0.15, 0.2) is 12.2 Å². The summed E-state index contributed by atoms with van der Waals surface area (Å²) < 4.78 is 0. The second-order valence-corrected chi connectivity index (χ2v) is 5.94. The van der Waals surface area contributed by atoms with E-state index < -0.39 is 5.60 Å². The molecule has 2 aliphatic carbocycles. The van der Waals surface area contributed by atoms with Gasteiger partial charge in [0, 0.05) is 25.2 Å². The van der Waals surface area contributed by atoms with Crippen molar-refractivity contribution in [3.8, 4) is 0 Å². The van der Waals surface area contributed by atoms with E-state index in [-0.39, 0.29) is 5.91 Å². The van der Waals surface area contributed by atoms with E-state index in [0.29, 0.717) is 12.6 Å². The van der Waals surface area contributed by atoms with E-state index in [4.69, 9.17) is 0 Å². The van der Waals surface area contributed by atoms with Crippen LogP contribution in [0.2, 0.25) is 0 Å². The van der Waals surface area contributed by atoms with E-state index >= 15 is 0 Å². The molecule has 2 aliphatic rings. The molecule has 0 atom stereocenters. The van der Waals surface area contributed by atoms with Crippen molar-refractivity contribution in [2.24, 2.45) is 0 Å². The molecule has 0 radical (unpaired) electrons. The maximum absolute atomic E-state index is 12.1. The van der Waals surface area contributed by atoms with Gasteiger partial charge in [-0.15, -0.1) is 0 Å². The third-order valence-electron chi connectivity index (χ3n) is 3.75. The van der Waals surface area contributed by atoms with Crippen LogP contribution >= 0.6 is 0 Å². The summed E-state index contributed by atoms with van der Waals surface area (Å²) in [5.41, 5.74) is -0.604. The largest absolute Gasteiger partial charge is 0.388 e. The molecule has 0 aromatic heterocycles. The summed E-state index contributed by atoms with van der Waals surface area (Å²) in [6.07, 6.45) is 8.48. The highest BCUT2D eigenvalue weighted by molar-refractivity contribution is 5.88. The van der Waals surface area contributed by atoms with Gasteiger partial charge in [-0.2, -0.15) is 0 Å². The van der Waals surface area contributed by atoms with Crippen LogP contribution in [0.5, 0.6) is 0 Å². The Morgan fingerprint density at radius 2 is 2.06 bits per heavy atom. The highest BCUT2D eigenvalue weighted by Crippen LogP contribution is 2.36. The number of carbonyl (C=O) groups is 1. The molecule has 0 saturated heterocycles. The molecule has 2 rings (SSSR count). The summed E-state index contributed by atoms with van der Waals surface area (Å²) in [6.45, 7) is 1.29. The van der Waals surface area contributed by atoms with E-state index in [1.165, 1.54) is 0 Å². The van der Waals surface area contributed by atoms with Gasteiger partial charge in [-0.3, -0.25) is 4.79 Å². The number of aliphatic hydroxyl groups is 1. The van der Waals surface area contributed by atoms with Crippen molar-refractivity contribution in [3.05, 3.63) is 12.2 Å². The number of rotatable bonds is 6. The Hall–Kier alpha value is -0.870. The van der Waals surface area contributed by atoms with Crippen LogP contribution in [0.25, 0.3) is 0 Å². The van der Waals surface area contributed by atoms with Gasteiger partial charge >= 0.3 is 0 Å². The zero-order valence-electron chi connectivity index (χ0n) is 11.4. The fourth-order valence-electron chi connectivity index (χ4n) is 2.29. The van der Waals surface area contributed by atoms with Gasteiger partial charge in [-0.1, -0.05) is 6.08 Å². The van der Waals surface area contributed by atoms with Crippen molar-refractivity contribution < 1.29 is 9.90 Å². The summed E-state index contributed by atoms with van der Waals surface area (Å²) >= 11 is 0. The molecule has 1 amide bonds. The summed E-state index contributed by atoms with van der Waals surface area (Å²) in [5, 5.41) is 10.2. The molecule has 1 N–H and O–H groups in total. The quantitative estimate of drug-likeness (QED) is 0.718. The van der Waals surface area contributed by atoms with Crippen molar-refractivity contribution in [2.75, 3.05) is 27.2 Å². The highest BCUT2D eigenvalue weighted by atomic mass is 16.3. The number of likely N-dealkylation sites (N-methyl/N-ethyl adjacent to an activating group) is 1. The molecular weight excluding hydrogens is 228 g/mol. The van der Waals surface area contributed by atoms with Crippen molar-refractivity contribution in [2.45, 2.75) is 43.7 Å². The highest BCUT2D eigenvalue weighted by Gasteiger charge is 2.41. The second-order valence-electron chi connectivity index (χ2n) is 5.94. The van der Waals surface area contributed by atoms with Crippen LogP contribution in [0.1, 0.15) is 32.1 Å². The third kappa shape index (κ3) is 3.56. The Bertz CT molecular complexity index is 331. The minimum atomic E-state index is -0.604. The molecule has 0 spiro atoms. The van der Waals surface area contributed by atoms with Gasteiger partial charge < -0.3 is 14.9 Å². The van der Waals surface area contributed by atoms with E-state index in [1.54, 1.807) is 6.08 Å². The maximum atomic E-state index is 12.1. The molecule has 4 nitrogen and oxygen atoms in total. The van der Waals surface area contributed by atoms with Gasteiger partial charge in [0.05, 0.1) is 5.60 Å². The summed E-state index contributed by atoms with van der Waals surface area (Å²) in [7, 11) is 3.95. The lowest BCUT2D eigenvalue weighted by Gasteiger charge is -2.40. The monoisotopic (exact) mass is 252 g/mol. The van der Waals surface area contributed by atoms with Crippen LogP contribution in [0.4, 0.5) is 0 Å². The van der Waals surface area contributed by atoms with E-state index in [2.05, 4.69) is 0 Å². The first-order chi connectivity index (χ1) is 8.50. The Balaban J connectivity index is 1.88. The fourth-order valence-corrected chi connectivity index (χ4v) is 2.29. The van der Waals surface area contributed by atoms with Gasteiger partial charge in [0.15, 0.2) is 0 Å². The first-order valence-corrected chi connectivity index (χ1v) is 6.84. The van der Waals surface area contributed by atoms with Gasteiger partial charge in [0.2, 0.25) is 5.91 Å². The molecule has 2 fully saturated rings. The summed E-state index contributed by atoms with van der Waals surface area (Å²) in [5.74, 6) is 0.0553. The Morgan fingerprint density at radius 1 is 1.39 bits per heavy atom. The first kappa shape index (κ1) is 13.6. The number of amides is 1. The van der Waals surface area contributed by atoms with Gasteiger partial charge in [-0.25, -0.2) is 0 Å². The van der Waals surface area contributed by atoms with Crippen molar-refractivity contribution >= 4 is 5.91 Å². The van der Waals surface area contributed by atoms with Crippen molar-refractivity contribution in [3.63, 3.8) is 0 Å². The van der Waals surface area contributed by atoms with Crippen molar-refractivity contribution in [1.29, 1.82) is 0 Å². The average Bonchev–Trinajstić information content (AvgIpc) is 3.06. The predicted octanol–water partition coefficient (Wildman–Crippen LogP) is 1.01. The minimum Gasteiger partial charge on any atom is -0.388 e. The molecule has 18 heavy (non-hydrogen) atoms. The molecule has 0 heterocycles. The number of hydrogen-bond donors (Lipinski definition) is 1. The van der Waals surface area contributed by atoms with Crippen molar-refractivity contribution in [1.82, 2.24) is 9.80 Å². The standard InChI is InChI=1S/C14H24N2O2/c1-15(2)10-3-5-13(17)16(12-6-7-12)11-14(18)8-4-9-14/h3,5,12,18H,4,6-11H2,1-2H3/b5-3+. The normalized spacial score (nSPS) is 22.2. The van der Waals surface area contributed by atoms with Gasteiger partial charge in [-0.05, 0) is 46.2 Å². The molecule has 0 aromatic carbocycles. The molecule has 4 heteroatoms. The first-order valence-electron chi connectivity index (χ1n) is 6.84. The zero-order valence-corrected chi connectivity index (χ0v) is 11.4. The van der Waals surface area contributed by atoms with Crippen LogP contribution in [0.3, 0.4) is 0 Å². The van der Waals surface area contributed by atoms with E-state index in [9.17, 15) is 9.90 Å². The summed E-state index contributed by atoms with van der Waals surface area (Å²) in [6, 6.07) is 0.367. The lowest BCUT2D eigenvalue weighted by molar-refractivity contribution is -0.133. The smallest absolute Gasteiger partial charge is 0.246 e.